The molecule has 1 amide bonds. The molecule has 1 fully saturated rings. The molecule has 4 nitrogen and oxygen atoms in total. The molecule has 1 saturated heterocycles. The number of hydrogen-bond donors (Lipinski definition) is 1. The summed E-state index contributed by atoms with van der Waals surface area (Å²) in [7, 11) is 0. The van der Waals surface area contributed by atoms with Crippen LogP contribution in [0.3, 0.4) is 0 Å². The molecule has 1 aliphatic rings. The molecule has 0 spiro atoms. The fourth-order valence-electron chi connectivity index (χ4n) is 2.45. The van der Waals surface area contributed by atoms with E-state index in [1.54, 1.807) is 17.0 Å². The molecule has 6 heteroatoms. The molecule has 1 aliphatic heterocycles. The lowest BCUT2D eigenvalue weighted by molar-refractivity contribution is 0.0235. The number of amides is 1. The van der Waals surface area contributed by atoms with Gasteiger partial charge in [0.25, 0.3) is 0 Å². The molecule has 1 atom stereocenters. The number of hydrogen-bond acceptors (Lipinski definition) is 3. The number of anilines is 1. The molecule has 1 unspecified atom stereocenters. The minimum absolute atomic E-state index is 0.129. The average Bonchev–Trinajstić information content (AvgIpc) is 2.87. The third-order valence-corrected chi connectivity index (χ3v) is 4.21. The first-order valence-electron chi connectivity index (χ1n) is 7.45. The van der Waals surface area contributed by atoms with Crippen molar-refractivity contribution in [1.82, 2.24) is 4.90 Å². The van der Waals surface area contributed by atoms with Crippen molar-refractivity contribution in [1.29, 1.82) is 0 Å². The number of likely N-dealkylation sites (tertiary alicyclic amines) is 1. The van der Waals surface area contributed by atoms with Gasteiger partial charge in [0.1, 0.15) is 5.60 Å². The predicted octanol–water partition coefficient (Wildman–Crippen LogP) is 4.80. The number of carbonyl (C=O) groups excluding carboxylic acids is 1. The highest BCUT2D eigenvalue weighted by Crippen LogP contribution is 2.26. The summed E-state index contributed by atoms with van der Waals surface area (Å²) in [6.07, 6.45) is 1.71. The van der Waals surface area contributed by atoms with Gasteiger partial charge < -0.3 is 15.0 Å². The van der Waals surface area contributed by atoms with Crippen molar-refractivity contribution >= 4 is 35.0 Å². The monoisotopic (exact) mass is 344 g/mol. The molecule has 1 aromatic carbocycles. The number of carbonyl (C=O) groups is 1. The van der Waals surface area contributed by atoms with Crippen LogP contribution in [0.5, 0.6) is 0 Å². The zero-order valence-corrected chi connectivity index (χ0v) is 14.7. The highest BCUT2D eigenvalue weighted by Gasteiger charge is 2.31. The number of benzene rings is 1. The first-order chi connectivity index (χ1) is 10.3. The van der Waals surface area contributed by atoms with Crippen LogP contribution in [0.2, 0.25) is 10.0 Å². The zero-order valence-electron chi connectivity index (χ0n) is 13.2. The second-order valence-corrected chi connectivity index (χ2v) is 7.29. The Bertz CT molecular complexity index is 543. The SMILES string of the molecule is CC(C)(C)OC(=O)N1CCCC1CNc1ccc(Cl)c(Cl)c1. The van der Waals surface area contributed by atoms with Gasteiger partial charge in [0.15, 0.2) is 0 Å². The molecule has 1 aromatic rings. The van der Waals surface area contributed by atoms with E-state index in [-0.39, 0.29) is 12.1 Å². The molecule has 22 heavy (non-hydrogen) atoms. The van der Waals surface area contributed by atoms with E-state index in [0.29, 0.717) is 16.6 Å². The third kappa shape index (κ3) is 4.68. The van der Waals surface area contributed by atoms with E-state index in [0.717, 1.165) is 25.1 Å². The van der Waals surface area contributed by atoms with Crippen LogP contribution < -0.4 is 5.32 Å². The molecule has 0 aromatic heterocycles. The Kier molecular flexibility index (Phi) is 5.45. The number of nitrogens with one attached hydrogen (secondary N) is 1. The Hall–Kier alpha value is -1.13. The summed E-state index contributed by atoms with van der Waals surface area (Å²) in [5.74, 6) is 0. The predicted molar refractivity (Wildman–Crippen MR) is 90.9 cm³/mol. The van der Waals surface area contributed by atoms with Gasteiger partial charge in [-0.2, -0.15) is 0 Å². The minimum atomic E-state index is -0.471. The van der Waals surface area contributed by atoms with Crippen LogP contribution in [0, 0.1) is 0 Å². The van der Waals surface area contributed by atoms with Gasteiger partial charge in [0.2, 0.25) is 0 Å². The van der Waals surface area contributed by atoms with Gasteiger partial charge in [-0.1, -0.05) is 23.2 Å². The van der Waals surface area contributed by atoms with E-state index in [2.05, 4.69) is 5.32 Å². The Morgan fingerprint density at radius 2 is 2.09 bits per heavy atom. The molecule has 1 N–H and O–H groups in total. The summed E-state index contributed by atoms with van der Waals surface area (Å²) in [5, 5.41) is 4.36. The normalized spacial score (nSPS) is 18.4. The van der Waals surface area contributed by atoms with Gasteiger partial charge in [-0.15, -0.1) is 0 Å². The zero-order chi connectivity index (χ0) is 16.3. The van der Waals surface area contributed by atoms with Crippen molar-refractivity contribution in [2.45, 2.75) is 45.3 Å². The van der Waals surface area contributed by atoms with Gasteiger partial charge in [0.05, 0.1) is 16.1 Å². The summed E-state index contributed by atoms with van der Waals surface area (Å²) in [5.41, 5.74) is 0.423. The van der Waals surface area contributed by atoms with Gasteiger partial charge in [-0.25, -0.2) is 4.79 Å². The Labute approximate surface area is 141 Å². The van der Waals surface area contributed by atoms with E-state index in [1.165, 1.54) is 0 Å². The van der Waals surface area contributed by atoms with Crippen molar-refractivity contribution in [3.63, 3.8) is 0 Å². The molecule has 0 saturated carbocycles. The van der Waals surface area contributed by atoms with Crippen molar-refractivity contribution in [3.05, 3.63) is 28.2 Å². The largest absolute Gasteiger partial charge is 0.444 e. The number of rotatable bonds is 3. The van der Waals surface area contributed by atoms with Crippen molar-refractivity contribution < 1.29 is 9.53 Å². The van der Waals surface area contributed by atoms with Crippen molar-refractivity contribution in [3.8, 4) is 0 Å². The Morgan fingerprint density at radius 1 is 1.36 bits per heavy atom. The first kappa shape index (κ1) is 17.2. The van der Waals surface area contributed by atoms with Crippen LogP contribution in [0.4, 0.5) is 10.5 Å². The highest BCUT2D eigenvalue weighted by atomic mass is 35.5. The maximum absolute atomic E-state index is 12.2. The van der Waals surface area contributed by atoms with Gasteiger partial charge in [-0.05, 0) is 51.8 Å². The quantitative estimate of drug-likeness (QED) is 0.855. The molecule has 0 bridgehead atoms. The lowest BCUT2D eigenvalue weighted by Gasteiger charge is -2.29. The van der Waals surface area contributed by atoms with Crippen molar-refractivity contribution in [2.24, 2.45) is 0 Å². The summed E-state index contributed by atoms with van der Waals surface area (Å²) in [6.45, 7) is 7.04. The molecular weight excluding hydrogens is 323 g/mol. The number of nitrogens with zero attached hydrogens (tertiary/aromatic N) is 1. The summed E-state index contributed by atoms with van der Waals surface area (Å²) in [4.78, 5) is 14.0. The molecular formula is C16H22Cl2N2O2. The molecule has 122 valence electrons. The van der Waals surface area contributed by atoms with Crippen LogP contribution >= 0.6 is 23.2 Å². The van der Waals surface area contributed by atoms with E-state index in [1.807, 2.05) is 26.8 Å². The second kappa shape index (κ2) is 6.97. The van der Waals surface area contributed by atoms with Gasteiger partial charge in [0, 0.05) is 18.8 Å². The van der Waals surface area contributed by atoms with E-state index in [9.17, 15) is 4.79 Å². The summed E-state index contributed by atoms with van der Waals surface area (Å²) in [6, 6.07) is 5.55. The summed E-state index contributed by atoms with van der Waals surface area (Å²) < 4.78 is 5.46. The van der Waals surface area contributed by atoms with E-state index >= 15 is 0 Å². The molecule has 0 radical (unpaired) electrons. The topological polar surface area (TPSA) is 41.6 Å². The van der Waals surface area contributed by atoms with Gasteiger partial charge >= 0.3 is 6.09 Å². The molecule has 1 heterocycles. The van der Waals surface area contributed by atoms with Crippen molar-refractivity contribution in [2.75, 3.05) is 18.4 Å². The Balaban J connectivity index is 1.93. The summed E-state index contributed by atoms with van der Waals surface area (Å²) >= 11 is 11.9. The fraction of sp³-hybridized carbons (Fsp3) is 0.562. The van der Waals surface area contributed by atoms with Crippen LogP contribution in [-0.2, 0) is 4.74 Å². The van der Waals surface area contributed by atoms with Gasteiger partial charge in [-0.3, -0.25) is 0 Å². The van der Waals surface area contributed by atoms with Crippen LogP contribution in [0.25, 0.3) is 0 Å². The average molecular weight is 345 g/mol. The van der Waals surface area contributed by atoms with Crippen LogP contribution in [0.1, 0.15) is 33.6 Å². The highest BCUT2D eigenvalue weighted by molar-refractivity contribution is 6.42. The minimum Gasteiger partial charge on any atom is -0.444 e. The lowest BCUT2D eigenvalue weighted by Crippen LogP contribution is -2.42. The standard InChI is InChI=1S/C16H22Cl2N2O2/c1-16(2,3)22-15(21)20-8-4-5-12(20)10-19-11-6-7-13(17)14(18)9-11/h6-7,9,12,19H,4-5,8,10H2,1-3H3. The fourth-order valence-corrected chi connectivity index (χ4v) is 2.75. The lowest BCUT2D eigenvalue weighted by atomic mass is 10.2. The molecule has 2 rings (SSSR count). The maximum atomic E-state index is 12.2. The Morgan fingerprint density at radius 3 is 2.73 bits per heavy atom. The third-order valence-electron chi connectivity index (χ3n) is 3.47. The second-order valence-electron chi connectivity index (χ2n) is 6.48. The first-order valence-corrected chi connectivity index (χ1v) is 8.20. The van der Waals surface area contributed by atoms with Crippen LogP contribution in [0.15, 0.2) is 18.2 Å². The smallest absolute Gasteiger partial charge is 0.410 e. The van der Waals surface area contributed by atoms with E-state index < -0.39 is 5.60 Å². The van der Waals surface area contributed by atoms with Crippen LogP contribution in [-0.4, -0.2) is 35.7 Å². The number of ether oxygens (including phenoxy) is 1. The maximum Gasteiger partial charge on any atom is 0.410 e. The molecule has 0 aliphatic carbocycles. The van der Waals surface area contributed by atoms with E-state index in [4.69, 9.17) is 27.9 Å². The number of halogens is 2.